The molecule has 29 heavy (non-hydrogen) atoms. The molecule has 0 aliphatic carbocycles. The van der Waals surface area contributed by atoms with Crippen molar-refractivity contribution in [3.05, 3.63) is 59.7 Å². The largest absolute Gasteiger partial charge is 0.496 e. The summed E-state index contributed by atoms with van der Waals surface area (Å²) in [7, 11) is 2.78. The van der Waals surface area contributed by atoms with Crippen LogP contribution in [0.15, 0.2) is 48.5 Å². The number of carbonyl (C=O) groups is 3. The van der Waals surface area contributed by atoms with Crippen LogP contribution < -0.4 is 25.4 Å². The van der Waals surface area contributed by atoms with Gasteiger partial charge in [0.2, 0.25) is 0 Å². The number of amides is 3. The lowest BCUT2D eigenvalue weighted by atomic mass is 10.1. The number of carboxylic acid groups (broad SMARTS) is 1. The van der Waals surface area contributed by atoms with Gasteiger partial charge in [-0.2, -0.15) is 0 Å². The van der Waals surface area contributed by atoms with Crippen molar-refractivity contribution in [1.29, 1.82) is 0 Å². The highest BCUT2D eigenvalue weighted by Gasteiger charge is 2.25. The highest BCUT2D eigenvalue weighted by Crippen LogP contribution is 2.28. The minimum absolute atomic E-state index is 0.0669. The molecule has 0 aromatic heterocycles. The Morgan fingerprint density at radius 3 is 2.10 bits per heavy atom. The van der Waals surface area contributed by atoms with Gasteiger partial charge >= 0.3 is 12.0 Å². The van der Waals surface area contributed by atoms with Gasteiger partial charge in [-0.25, -0.2) is 9.59 Å². The third-order valence-electron chi connectivity index (χ3n) is 4.02. The van der Waals surface area contributed by atoms with Crippen LogP contribution in [0.25, 0.3) is 0 Å². The summed E-state index contributed by atoms with van der Waals surface area (Å²) in [5.41, 5.74) is 0.964. The molecule has 2 aromatic rings. The number of benzene rings is 2. The molecule has 0 heterocycles. The first-order valence-corrected chi connectivity index (χ1v) is 8.76. The van der Waals surface area contributed by atoms with Crippen molar-refractivity contribution in [2.75, 3.05) is 20.8 Å². The number of nitrogens with one attached hydrogen (secondary N) is 3. The summed E-state index contributed by atoms with van der Waals surface area (Å²) in [6, 6.07) is 12.1. The second-order valence-electron chi connectivity index (χ2n) is 5.95. The number of carboxylic acids is 1. The van der Waals surface area contributed by atoms with E-state index in [0.29, 0.717) is 0 Å². The van der Waals surface area contributed by atoms with Crippen molar-refractivity contribution >= 4 is 17.9 Å². The second kappa shape index (κ2) is 10.5. The molecule has 0 saturated carbocycles. The predicted molar refractivity (Wildman–Crippen MR) is 105 cm³/mol. The zero-order valence-electron chi connectivity index (χ0n) is 16.1. The average Bonchev–Trinajstić information content (AvgIpc) is 2.74. The molecule has 9 heteroatoms. The van der Waals surface area contributed by atoms with E-state index in [1.807, 2.05) is 30.3 Å². The van der Waals surface area contributed by atoms with E-state index >= 15 is 0 Å². The molecule has 1 atom stereocenters. The maximum atomic E-state index is 12.6. The number of rotatable bonds is 9. The summed E-state index contributed by atoms with van der Waals surface area (Å²) in [6.45, 7) is -0.0195. The molecule has 0 aliphatic rings. The van der Waals surface area contributed by atoms with Gasteiger partial charge in [-0.1, -0.05) is 36.4 Å². The molecular weight excluding hydrogens is 378 g/mol. The van der Waals surface area contributed by atoms with E-state index in [1.54, 1.807) is 18.2 Å². The Bertz CT molecular complexity index is 834. The van der Waals surface area contributed by atoms with Crippen molar-refractivity contribution < 1.29 is 29.0 Å². The van der Waals surface area contributed by atoms with Crippen molar-refractivity contribution in [2.45, 2.75) is 12.6 Å². The minimum atomic E-state index is -1.35. The van der Waals surface area contributed by atoms with Crippen LogP contribution in [0.1, 0.15) is 15.9 Å². The fourth-order valence-corrected chi connectivity index (χ4v) is 2.54. The maximum Gasteiger partial charge on any atom is 0.328 e. The Morgan fingerprint density at radius 1 is 0.931 bits per heavy atom. The number of urea groups is 1. The van der Waals surface area contributed by atoms with Crippen LogP contribution in [0.4, 0.5) is 4.79 Å². The summed E-state index contributed by atoms with van der Waals surface area (Å²) in [6.07, 6.45) is 0. The van der Waals surface area contributed by atoms with Gasteiger partial charge in [0.15, 0.2) is 0 Å². The molecular formula is C20H23N3O6. The summed E-state index contributed by atoms with van der Waals surface area (Å²) < 4.78 is 10.3. The molecule has 0 bridgehead atoms. The number of aliphatic carboxylic acids is 1. The molecule has 0 saturated heterocycles. The monoisotopic (exact) mass is 401 g/mol. The number of methoxy groups -OCH3 is 2. The third-order valence-corrected chi connectivity index (χ3v) is 4.02. The summed E-state index contributed by atoms with van der Waals surface area (Å²) in [5, 5.41) is 16.8. The molecule has 0 aliphatic heterocycles. The quantitative estimate of drug-likeness (QED) is 0.503. The highest BCUT2D eigenvalue weighted by molar-refractivity contribution is 6.01. The van der Waals surface area contributed by atoms with Crippen LogP contribution in [-0.4, -0.2) is 49.8 Å². The zero-order valence-corrected chi connectivity index (χ0v) is 16.1. The molecule has 154 valence electrons. The van der Waals surface area contributed by atoms with Gasteiger partial charge in [0, 0.05) is 6.54 Å². The standard InChI is InChI=1S/C20H23N3O6/c1-28-15-9-6-10-16(29-2)17(15)18(24)23-14(19(25)26)12-22-20(27)21-11-13-7-4-3-5-8-13/h3-10,14H,11-12H2,1-2H3,(H,23,24)(H,25,26)(H2,21,22,27)/t14-/m0/s1. The van der Waals surface area contributed by atoms with Crippen LogP contribution in [-0.2, 0) is 11.3 Å². The number of ether oxygens (including phenoxy) is 2. The zero-order chi connectivity index (χ0) is 21.2. The van der Waals surface area contributed by atoms with Gasteiger partial charge in [-0.05, 0) is 17.7 Å². The van der Waals surface area contributed by atoms with Gasteiger partial charge in [-0.15, -0.1) is 0 Å². The normalized spacial score (nSPS) is 11.1. The Balaban J connectivity index is 1.97. The maximum absolute atomic E-state index is 12.6. The molecule has 2 aromatic carbocycles. The predicted octanol–water partition coefficient (Wildman–Crippen LogP) is 1.39. The van der Waals surface area contributed by atoms with E-state index in [1.165, 1.54) is 14.2 Å². The fourth-order valence-electron chi connectivity index (χ4n) is 2.54. The van der Waals surface area contributed by atoms with Gasteiger partial charge in [0.1, 0.15) is 23.1 Å². The Hall–Kier alpha value is -3.75. The molecule has 0 unspecified atom stereocenters. The summed E-state index contributed by atoms with van der Waals surface area (Å²) in [4.78, 5) is 36.1. The van der Waals surface area contributed by atoms with Gasteiger partial charge in [-0.3, -0.25) is 4.79 Å². The lowest BCUT2D eigenvalue weighted by Gasteiger charge is -2.18. The molecule has 2 rings (SSSR count). The average molecular weight is 401 g/mol. The Kier molecular flexibility index (Phi) is 7.84. The third kappa shape index (κ3) is 6.13. The molecule has 0 radical (unpaired) electrons. The lowest BCUT2D eigenvalue weighted by molar-refractivity contribution is -0.139. The van der Waals surface area contributed by atoms with E-state index in [4.69, 9.17) is 9.47 Å². The van der Waals surface area contributed by atoms with Crippen molar-refractivity contribution in [3.63, 3.8) is 0 Å². The van der Waals surface area contributed by atoms with Crippen LogP contribution in [0.2, 0.25) is 0 Å². The summed E-state index contributed by atoms with van der Waals surface area (Å²) >= 11 is 0. The summed E-state index contributed by atoms with van der Waals surface area (Å²) in [5.74, 6) is -1.52. The van der Waals surface area contributed by atoms with Crippen LogP contribution in [0.5, 0.6) is 11.5 Å². The molecule has 0 fully saturated rings. The number of hydrogen-bond donors (Lipinski definition) is 4. The van der Waals surface area contributed by atoms with Crippen LogP contribution in [0.3, 0.4) is 0 Å². The van der Waals surface area contributed by atoms with Crippen molar-refractivity contribution in [3.8, 4) is 11.5 Å². The number of carbonyl (C=O) groups excluding carboxylic acids is 2. The lowest BCUT2D eigenvalue weighted by Crippen LogP contribution is -2.50. The Labute approximate surface area is 168 Å². The molecule has 9 nitrogen and oxygen atoms in total. The fraction of sp³-hybridized carbons (Fsp3) is 0.250. The van der Waals surface area contributed by atoms with E-state index < -0.39 is 23.9 Å². The second-order valence-corrected chi connectivity index (χ2v) is 5.95. The van der Waals surface area contributed by atoms with Gasteiger partial charge in [0.25, 0.3) is 5.91 Å². The van der Waals surface area contributed by atoms with Crippen LogP contribution in [0, 0.1) is 0 Å². The Morgan fingerprint density at radius 2 is 1.55 bits per heavy atom. The minimum Gasteiger partial charge on any atom is -0.496 e. The first-order valence-electron chi connectivity index (χ1n) is 8.76. The molecule has 0 spiro atoms. The highest BCUT2D eigenvalue weighted by atomic mass is 16.5. The van der Waals surface area contributed by atoms with Crippen LogP contribution >= 0.6 is 0 Å². The van der Waals surface area contributed by atoms with E-state index in [2.05, 4.69) is 16.0 Å². The molecule has 4 N–H and O–H groups in total. The number of hydrogen-bond acceptors (Lipinski definition) is 5. The SMILES string of the molecule is COc1cccc(OC)c1C(=O)N[C@@H](CNC(=O)NCc1ccccc1)C(=O)O. The topological polar surface area (TPSA) is 126 Å². The van der Waals surface area contributed by atoms with Crippen molar-refractivity contribution in [2.24, 2.45) is 0 Å². The van der Waals surface area contributed by atoms with Gasteiger partial charge < -0.3 is 30.5 Å². The molecule has 3 amide bonds. The van der Waals surface area contributed by atoms with E-state index in [0.717, 1.165) is 5.56 Å². The smallest absolute Gasteiger partial charge is 0.328 e. The van der Waals surface area contributed by atoms with E-state index in [9.17, 15) is 19.5 Å². The first kappa shape index (κ1) is 21.5. The van der Waals surface area contributed by atoms with Gasteiger partial charge in [0.05, 0.1) is 20.8 Å². The van der Waals surface area contributed by atoms with Crippen molar-refractivity contribution in [1.82, 2.24) is 16.0 Å². The van der Waals surface area contributed by atoms with E-state index in [-0.39, 0.29) is 30.2 Å². The first-order chi connectivity index (χ1) is 14.0.